The average molecular weight is 226 g/mol. The standard InChI is InChI=1S/C12H22N2O2/c1-9(2)13-11-6-4-5-7-14(12(11)16)8-10(3)15/h9,11,13H,4-8H2,1-3H3/t11-/m1/s1. The van der Waals surface area contributed by atoms with Crippen LogP contribution in [0.3, 0.4) is 0 Å². The maximum atomic E-state index is 12.1. The van der Waals surface area contributed by atoms with E-state index in [-0.39, 0.29) is 24.3 Å². The van der Waals surface area contributed by atoms with Gasteiger partial charge in [-0.2, -0.15) is 0 Å². The first-order valence-corrected chi connectivity index (χ1v) is 6.05. The smallest absolute Gasteiger partial charge is 0.240 e. The third kappa shape index (κ3) is 3.93. The van der Waals surface area contributed by atoms with E-state index in [1.54, 1.807) is 4.90 Å². The summed E-state index contributed by atoms with van der Waals surface area (Å²) in [6, 6.07) is 0.188. The first-order chi connectivity index (χ1) is 7.50. The molecule has 1 amide bonds. The average Bonchev–Trinajstić information content (AvgIpc) is 2.31. The Labute approximate surface area is 97.4 Å². The normalized spacial score (nSPS) is 22.4. The van der Waals surface area contributed by atoms with Crippen LogP contribution >= 0.6 is 0 Å². The first-order valence-electron chi connectivity index (χ1n) is 6.05. The zero-order valence-electron chi connectivity index (χ0n) is 10.5. The van der Waals surface area contributed by atoms with Crippen LogP contribution in [0, 0.1) is 0 Å². The molecule has 16 heavy (non-hydrogen) atoms. The van der Waals surface area contributed by atoms with Crippen molar-refractivity contribution in [2.45, 2.75) is 52.1 Å². The van der Waals surface area contributed by atoms with Crippen molar-refractivity contribution in [2.24, 2.45) is 0 Å². The van der Waals surface area contributed by atoms with E-state index in [9.17, 15) is 9.59 Å². The van der Waals surface area contributed by atoms with Gasteiger partial charge in [-0.15, -0.1) is 0 Å². The highest BCUT2D eigenvalue weighted by atomic mass is 16.2. The number of likely N-dealkylation sites (tertiary alicyclic amines) is 1. The zero-order valence-corrected chi connectivity index (χ0v) is 10.5. The molecule has 4 heteroatoms. The summed E-state index contributed by atoms with van der Waals surface area (Å²) in [5.41, 5.74) is 0. The molecule has 0 aromatic rings. The van der Waals surface area contributed by atoms with Crippen molar-refractivity contribution < 1.29 is 9.59 Å². The Morgan fingerprint density at radius 3 is 2.75 bits per heavy atom. The molecule has 1 rings (SSSR count). The molecule has 1 saturated heterocycles. The molecule has 4 nitrogen and oxygen atoms in total. The summed E-state index contributed by atoms with van der Waals surface area (Å²) in [4.78, 5) is 24.9. The molecule has 1 heterocycles. The molecule has 0 aromatic carbocycles. The van der Waals surface area contributed by atoms with Gasteiger partial charge < -0.3 is 10.2 Å². The lowest BCUT2D eigenvalue weighted by atomic mass is 10.1. The van der Waals surface area contributed by atoms with Gasteiger partial charge in [-0.1, -0.05) is 13.8 Å². The number of nitrogens with zero attached hydrogens (tertiary/aromatic N) is 1. The Balaban J connectivity index is 2.64. The summed E-state index contributed by atoms with van der Waals surface area (Å²) in [6.07, 6.45) is 2.92. The second kappa shape index (κ2) is 5.99. The predicted octanol–water partition coefficient (Wildman–Crippen LogP) is 0.954. The molecular weight excluding hydrogens is 204 g/mol. The number of carbonyl (C=O) groups is 2. The summed E-state index contributed by atoms with van der Waals surface area (Å²) < 4.78 is 0. The minimum atomic E-state index is -0.109. The summed E-state index contributed by atoms with van der Waals surface area (Å²) in [7, 11) is 0. The number of Topliss-reactive ketones (excluding diaryl/α,β-unsaturated/α-hetero) is 1. The van der Waals surface area contributed by atoms with Gasteiger partial charge in [0.25, 0.3) is 0 Å². The Bertz CT molecular complexity index is 264. The van der Waals surface area contributed by atoms with Crippen molar-refractivity contribution >= 4 is 11.7 Å². The highest BCUT2D eigenvalue weighted by Crippen LogP contribution is 2.12. The maximum absolute atomic E-state index is 12.1. The van der Waals surface area contributed by atoms with E-state index in [0.717, 1.165) is 19.3 Å². The van der Waals surface area contributed by atoms with Crippen molar-refractivity contribution in [3.63, 3.8) is 0 Å². The fourth-order valence-electron chi connectivity index (χ4n) is 2.09. The van der Waals surface area contributed by atoms with Gasteiger partial charge in [0.2, 0.25) is 5.91 Å². The number of carbonyl (C=O) groups excluding carboxylic acids is 2. The van der Waals surface area contributed by atoms with Crippen LogP contribution in [-0.4, -0.2) is 41.8 Å². The SMILES string of the molecule is CC(=O)CN1CCCC[C@@H](NC(C)C)C1=O. The van der Waals surface area contributed by atoms with E-state index < -0.39 is 0 Å². The van der Waals surface area contributed by atoms with Gasteiger partial charge in [-0.25, -0.2) is 0 Å². The molecule has 0 spiro atoms. The Morgan fingerprint density at radius 2 is 2.19 bits per heavy atom. The molecule has 1 aliphatic heterocycles. The minimum absolute atomic E-state index is 0.0542. The molecule has 1 aliphatic rings. The van der Waals surface area contributed by atoms with Gasteiger partial charge in [0.15, 0.2) is 0 Å². The van der Waals surface area contributed by atoms with Gasteiger partial charge in [-0.3, -0.25) is 9.59 Å². The first kappa shape index (κ1) is 13.2. The Kier molecular flexibility index (Phi) is 4.93. The van der Waals surface area contributed by atoms with Crippen molar-refractivity contribution in [1.82, 2.24) is 10.2 Å². The quantitative estimate of drug-likeness (QED) is 0.776. The number of hydrogen-bond acceptors (Lipinski definition) is 3. The van der Waals surface area contributed by atoms with Crippen LogP contribution < -0.4 is 5.32 Å². The van der Waals surface area contributed by atoms with Crippen molar-refractivity contribution in [2.75, 3.05) is 13.1 Å². The number of rotatable bonds is 4. The van der Waals surface area contributed by atoms with Crippen LogP contribution in [0.2, 0.25) is 0 Å². The Hall–Kier alpha value is -0.900. The zero-order chi connectivity index (χ0) is 12.1. The highest BCUT2D eigenvalue weighted by molar-refractivity contribution is 5.87. The van der Waals surface area contributed by atoms with Crippen LogP contribution in [-0.2, 0) is 9.59 Å². The minimum Gasteiger partial charge on any atom is -0.334 e. The number of nitrogens with one attached hydrogen (secondary N) is 1. The van der Waals surface area contributed by atoms with Gasteiger partial charge in [0, 0.05) is 12.6 Å². The van der Waals surface area contributed by atoms with E-state index in [1.807, 2.05) is 13.8 Å². The lowest BCUT2D eigenvalue weighted by Crippen LogP contribution is -2.48. The highest BCUT2D eigenvalue weighted by Gasteiger charge is 2.27. The second-order valence-electron chi connectivity index (χ2n) is 4.83. The topological polar surface area (TPSA) is 49.4 Å². The molecule has 1 N–H and O–H groups in total. The molecule has 0 saturated carbocycles. The van der Waals surface area contributed by atoms with Crippen molar-refractivity contribution in [3.05, 3.63) is 0 Å². The van der Waals surface area contributed by atoms with Gasteiger partial charge >= 0.3 is 0 Å². The summed E-state index contributed by atoms with van der Waals surface area (Å²) in [6.45, 7) is 6.58. The monoisotopic (exact) mass is 226 g/mol. The van der Waals surface area contributed by atoms with Crippen LogP contribution in [0.5, 0.6) is 0 Å². The van der Waals surface area contributed by atoms with Crippen LogP contribution in [0.4, 0.5) is 0 Å². The lowest BCUT2D eigenvalue weighted by Gasteiger charge is -2.25. The predicted molar refractivity (Wildman–Crippen MR) is 63.2 cm³/mol. The van der Waals surface area contributed by atoms with E-state index in [2.05, 4.69) is 5.32 Å². The van der Waals surface area contributed by atoms with Crippen LogP contribution in [0.1, 0.15) is 40.0 Å². The van der Waals surface area contributed by atoms with E-state index in [1.165, 1.54) is 6.92 Å². The number of hydrogen-bond donors (Lipinski definition) is 1. The molecular formula is C12H22N2O2. The molecule has 0 aromatic heterocycles. The summed E-state index contributed by atoms with van der Waals surface area (Å²) in [5, 5.41) is 3.27. The molecule has 0 radical (unpaired) electrons. The number of amides is 1. The van der Waals surface area contributed by atoms with Crippen molar-refractivity contribution in [1.29, 1.82) is 0 Å². The van der Waals surface area contributed by atoms with E-state index in [0.29, 0.717) is 12.6 Å². The van der Waals surface area contributed by atoms with Gasteiger partial charge in [0.05, 0.1) is 12.6 Å². The fourth-order valence-corrected chi connectivity index (χ4v) is 2.09. The summed E-state index contributed by atoms with van der Waals surface area (Å²) in [5.74, 6) is 0.139. The molecule has 1 fully saturated rings. The molecule has 1 atom stereocenters. The van der Waals surface area contributed by atoms with Gasteiger partial charge in [0.1, 0.15) is 5.78 Å². The van der Waals surface area contributed by atoms with Crippen LogP contribution in [0.15, 0.2) is 0 Å². The lowest BCUT2D eigenvalue weighted by molar-refractivity contribution is -0.136. The molecule has 92 valence electrons. The van der Waals surface area contributed by atoms with E-state index in [4.69, 9.17) is 0 Å². The fraction of sp³-hybridized carbons (Fsp3) is 0.833. The third-order valence-corrected chi connectivity index (χ3v) is 2.73. The van der Waals surface area contributed by atoms with Gasteiger partial charge in [-0.05, 0) is 26.2 Å². The second-order valence-corrected chi connectivity index (χ2v) is 4.83. The third-order valence-electron chi connectivity index (χ3n) is 2.73. The summed E-state index contributed by atoms with van der Waals surface area (Å²) >= 11 is 0. The Morgan fingerprint density at radius 1 is 1.50 bits per heavy atom. The molecule has 0 bridgehead atoms. The molecule has 0 aliphatic carbocycles. The maximum Gasteiger partial charge on any atom is 0.240 e. The van der Waals surface area contributed by atoms with E-state index >= 15 is 0 Å². The van der Waals surface area contributed by atoms with Crippen molar-refractivity contribution in [3.8, 4) is 0 Å². The number of ketones is 1. The molecule has 0 unspecified atom stereocenters. The largest absolute Gasteiger partial charge is 0.334 e. The van der Waals surface area contributed by atoms with Crippen LogP contribution in [0.25, 0.3) is 0 Å².